The number of amides is 2. The van der Waals surface area contributed by atoms with Crippen molar-refractivity contribution in [3.8, 4) is 11.5 Å². The third-order valence-electron chi connectivity index (χ3n) is 6.20. The Kier molecular flexibility index (Phi) is 10.4. The summed E-state index contributed by atoms with van der Waals surface area (Å²) in [6.45, 7) is 9.04. The molecule has 220 valence electrons. The highest BCUT2D eigenvalue weighted by Gasteiger charge is 2.33. The van der Waals surface area contributed by atoms with Gasteiger partial charge in [-0.3, -0.25) is 13.9 Å². The zero-order valence-electron chi connectivity index (χ0n) is 24.5. The van der Waals surface area contributed by atoms with Gasteiger partial charge in [0.15, 0.2) is 0 Å². The third-order valence-corrected chi connectivity index (χ3v) is 7.99. The number of sulfonamides is 1. The summed E-state index contributed by atoms with van der Waals surface area (Å²) in [7, 11) is -2.60. The first-order valence-electron chi connectivity index (χ1n) is 13.4. The molecule has 1 unspecified atom stereocenters. The molecule has 0 aliphatic heterocycles. The number of nitrogens with one attached hydrogen (secondary N) is 1. The highest BCUT2D eigenvalue weighted by molar-refractivity contribution is 7.92. The summed E-state index contributed by atoms with van der Waals surface area (Å²) in [4.78, 5) is 28.7. The molecular weight excluding hydrogens is 542 g/mol. The van der Waals surface area contributed by atoms with Crippen molar-refractivity contribution in [3.63, 3.8) is 0 Å². The fraction of sp³-hybridized carbons (Fsp3) is 0.355. The number of carbonyl (C=O) groups is 2. The average molecular weight is 582 g/mol. The van der Waals surface area contributed by atoms with Crippen molar-refractivity contribution in [3.05, 3.63) is 84.4 Å². The van der Waals surface area contributed by atoms with Crippen LogP contribution < -0.4 is 19.1 Å². The molecule has 0 aliphatic rings. The van der Waals surface area contributed by atoms with Gasteiger partial charge in [-0.05, 0) is 88.7 Å². The Balaban J connectivity index is 2.03. The predicted molar refractivity (Wildman–Crippen MR) is 159 cm³/mol. The van der Waals surface area contributed by atoms with Crippen LogP contribution in [0.2, 0.25) is 0 Å². The molecule has 10 heteroatoms. The minimum absolute atomic E-state index is 0.0413. The first-order chi connectivity index (χ1) is 19.4. The van der Waals surface area contributed by atoms with Crippen LogP contribution in [-0.2, 0) is 26.2 Å². The first-order valence-corrected chi connectivity index (χ1v) is 14.8. The predicted octanol–water partition coefficient (Wildman–Crippen LogP) is 4.62. The SMILES string of the molecule is CCOc1ccc(N(CC(=O)N(Cc2cccc(OC)c2)C(C)C(=O)NC(C)(C)C)S(=O)(=O)c2ccccc2)cc1. The molecule has 0 heterocycles. The topological polar surface area (TPSA) is 105 Å². The molecule has 9 nitrogen and oxygen atoms in total. The van der Waals surface area contributed by atoms with E-state index in [-0.39, 0.29) is 17.3 Å². The molecule has 0 saturated heterocycles. The molecule has 0 fully saturated rings. The van der Waals surface area contributed by atoms with E-state index < -0.39 is 34.1 Å². The second-order valence-corrected chi connectivity index (χ2v) is 12.4. The van der Waals surface area contributed by atoms with Crippen LogP contribution in [0.15, 0.2) is 83.8 Å². The van der Waals surface area contributed by atoms with E-state index in [1.165, 1.54) is 17.0 Å². The number of hydrogen-bond donors (Lipinski definition) is 1. The van der Waals surface area contributed by atoms with Crippen LogP contribution in [0.5, 0.6) is 11.5 Å². The lowest BCUT2D eigenvalue weighted by atomic mass is 10.1. The van der Waals surface area contributed by atoms with Crippen LogP contribution in [-0.4, -0.2) is 57.0 Å². The molecule has 0 bridgehead atoms. The highest BCUT2D eigenvalue weighted by atomic mass is 32.2. The van der Waals surface area contributed by atoms with Gasteiger partial charge in [-0.2, -0.15) is 0 Å². The molecule has 0 spiro atoms. The van der Waals surface area contributed by atoms with Gasteiger partial charge in [-0.1, -0.05) is 30.3 Å². The maximum atomic E-state index is 14.0. The van der Waals surface area contributed by atoms with Crippen LogP contribution >= 0.6 is 0 Å². The van der Waals surface area contributed by atoms with Crippen molar-refractivity contribution in [2.45, 2.75) is 57.6 Å². The van der Waals surface area contributed by atoms with Crippen molar-refractivity contribution < 1.29 is 27.5 Å². The van der Waals surface area contributed by atoms with E-state index in [1.54, 1.807) is 74.7 Å². The normalized spacial score (nSPS) is 12.2. The zero-order chi connectivity index (χ0) is 30.2. The molecule has 0 saturated carbocycles. The number of ether oxygens (including phenoxy) is 2. The van der Waals surface area contributed by atoms with Gasteiger partial charge < -0.3 is 19.7 Å². The van der Waals surface area contributed by atoms with Gasteiger partial charge in [0.25, 0.3) is 10.0 Å². The second-order valence-electron chi connectivity index (χ2n) is 10.5. The van der Waals surface area contributed by atoms with Crippen LogP contribution in [0.3, 0.4) is 0 Å². The van der Waals surface area contributed by atoms with Gasteiger partial charge in [-0.25, -0.2) is 8.42 Å². The first kappa shape index (κ1) is 31.5. The van der Waals surface area contributed by atoms with Crippen molar-refractivity contribution in [2.75, 3.05) is 24.6 Å². The van der Waals surface area contributed by atoms with Crippen LogP contribution in [0.1, 0.15) is 40.2 Å². The molecule has 0 radical (unpaired) electrons. The second kappa shape index (κ2) is 13.5. The lowest BCUT2D eigenvalue weighted by molar-refractivity contribution is -0.140. The number of nitrogens with zero attached hydrogens (tertiary/aromatic N) is 2. The minimum Gasteiger partial charge on any atom is -0.497 e. The average Bonchev–Trinajstić information content (AvgIpc) is 2.94. The van der Waals surface area contributed by atoms with Crippen molar-refractivity contribution in [1.82, 2.24) is 10.2 Å². The van der Waals surface area contributed by atoms with Gasteiger partial charge in [0.05, 0.1) is 24.3 Å². The molecule has 0 aromatic heterocycles. The summed E-state index contributed by atoms with van der Waals surface area (Å²) in [6.07, 6.45) is 0. The Hall–Kier alpha value is -4.05. The molecule has 41 heavy (non-hydrogen) atoms. The number of hydrogen-bond acceptors (Lipinski definition) is 6. The maximum absolute atomic E-state index is 14.0. The van der Waals surface area contributed by atoms with E-state index in [0.717, 1.165) is 9.87 Å². The highest BCUT2D eigenvalue weighted by Crippen LogP contribution is 2.27. The van der Waals surface area contributed by atoms with Gasteiger partial charge >= 0.3 is 0 Å². The number of carbonyl (C=O) groups excluding carboxylic acids is 2. The Morgan fingerprint density at radius 1 is 0.927 bits per heavy atom. The van der Waals surface area contributed by atoms with Crippen molar-refractivity contribution in [1.29, 1.82) is 0 Å². The Labute approximate surface area is 243 Å². The lowest BCUT2D eigenvalue weighted by Gasteiger charge is -2.33. The number of methoxy groups -OCH3 is 1. The molecular formula is C31H39N3O6S. The van der Waals surface area contributed by atoms with Gasteiger partial charge in [0.1, 0.15) is 24.1 Å². The van der Waals surface area contributed by atoms with E-state index in [2.05, 4.69) is 5.32 Å². The zero-order valence-corrected chi connectivity index (χ0v) is 25.3. The van der Waals surface area contributed by atoms with E-state index in [1.807, 2.05) is 33.8 Å². The largest absolute Gasteiger partial charge is 0.497 e. The van der Waals surface area contributed by atoms with E-state index in [0.29, 0.717) is 23.8 Å². The standard InChI is InChI=1S/C31H39N3O6S/c1-7-40-26-18-16-25(17-19-26)34(41(37,38)28-14-9-8-10-15-28)22-29(35)33(23(2)30(36)32-31(3,4)5)21-24-12-11-13-27(20-24)39-6/h8-20,23H,7,21-22H2,1-6H3,(H,32,36). The summed E-state index contributed by atoms with van der Waals surface area (Å²) in [5, 5.41) is 2.92. The van der Waals surface area contributed by atoms with Gasteiger partial charge in [0, 0.05) is 12.1 Å². The molecule has 1 atom stereocenters. The summed E-state index contributed by atoms with van der Waals surface area (Å²) in [6, 6.07) is 20.7. The Morgan fingerprint density at radius 2 is 1.59 bits per heavy atom. The molecule has 2 amide bonds. The molecule has 3 aromatic carbocycles. The van der Waals surface area contributed by atoms with Crippen LogP contribution in [0, 0.1) is 0 Å². The summed E-state index contributed by atoms with van der Waals surface area (Å²) in [5.74, 6) is 0.279. The lowest BCUT2D eigenvalue weighted by Crippen LogP contribution is -2.54. The molecule has 0 aliphatic carbocycles. The van der Waals surface area contributed by atoms with Crippen LogP contribution in [0.25, 0.3) is 0 Å². The summed E-state index contributed by atoms with van der Waals surface area (Å²) in [5.41, 5.74) is 0.492. The smallest absolute Gasteiger partial charge is 0.264 e. The monoisotopic (exact) mass is 581 g/mol. The van der Waals surface area contributed by atoms with Crippen LogP contribution in [0.4, 0.5) is 5.69 Å². The summed E-state index contributed by atoms with van der Waals surface area (Å²) >= 11 is 0. The van der Waals surface area contributed by atoms with E-state index in [4.69, 9.17) is 9.47 Å². The fourth-order valence-electron chi connectivity index (χ4n) is 4.15. The van der Waals surface area contributed by atoms with Crippen molar-refractivity contribution in [2.24, 2.45) is 0 Å². The minimum atomic E-state index is -4.14. The quantitative estimate of drug-likeness (QED) is 0.335. The molecule has 3 rings (SSSR count). The molecule has 3 aromatic rings. The van der Waals surface area contributed by atoms with Crippen molar-refractivity contribution >= 4 is 27.5 Å². The maximum Gasteiger partial charge on any atom is 0.264 e. The molecule has 1 N–H and O–H groups in total. The Morgan fingerprint density at radius 3 is 2.17 bits per heavy atom. The number of benzene rings is 3. The number of rotatable bonds is 12. The summed E-state index contributed by atoms with van der Waals surface area (Å²) < 4.78 is 39.6. The van der Waals surface area contributed by atoms with E-state index >= 15 is 0 Å². The third kappa shape index (κ3) is 8.47. The van der Waals surface area contributed by atoms with E-state index in [9.17, 15) is 18.0 Å². The van der Waals surface area contributed by atoms with Gasteiger partial charge in [0.2, 0.25) is 11.8 Å². The number of anilines is 1. The van der Waals surface area contributed by atoms with Gasteiger partial charge in [-0.15, -0.1) is 0 Å². The fourth-order valence-corrected chi connectivity index (χ4v) is 5.58. The Bertz CT molecular complexity index is 1420.